The zero-order chi connectivity index (χ0) is 17.4. The van der Waals surface area contributed by atoms with Crippen LogP contribution < -0.4 is 0 Å². The highest BCUT2D eigenvalue weighted by Gasteiger charge is 2.36. The zero-order valence-corrected chi connectivity index (χ0v) is 15.2. The van der Waals surface area contributed by atoms with Gasteiger partial charge in [0.05, 0.1) is 15.1 Å². The molecule has 1 amide bonds. The highest BCUT2D eigenvalue weighted by Crippen LogP contribution is 2.29. The Morgan fingerprint density at radius 2 is 2.32 bits per heavy atom. The first kappa shape index (κ1) is 16.5. The number of hydrogen-bond acceptors (Lipinski definition) is 7. The second kappa shape index (κ2) is 6.76. The van der Waals surface area contributed by atoms with Gasteiger partial charge in [-0.1, -0.05) is 21.9 Å². The van der Waals surface area contributed by atoms with Crippen LogP contribution >= 0.6 is 22.9 Å². The number of thiophene rings is 1. The molecule has 0 spiro atoms. The molecular formula is C16H17ClN4O3S. The molecule has 0 aliphatic carbocycles. The summed E-state index contributed by atoms with van der Waals surface area (Å²) in [6.07, 6.45) is 1.74. The van der Waals surface area contributed by atoms with Crippen LogP contribution in [0.15, 0.2) is 21.8 Å². The number of nitrogens with zero attached hydrogens (tertiary/aromatic N) is 4. The maximum absolute atomic E-state index is 12.8. The Morgan fingerprint density at radius 3 is 3.04 bits per heavy atom. The lowest BCUT2D eigenvalue weighted by atomic mass is 9.97. The lowest BCUT2D eigenvalue weighted by Crippen LogP contribution is -2.44. The van der Waals surface area contributed by atoms with Gasteiger partial charge in [0.15, 0.2) is 5.82 Å². The predicted octanol–water partition coefficient (Wildman–Crippen LogP) is 2.99. The number of likely N-dealkylation sites (tertiary alicyclic amines) is 1. The minimum atomic E-state index is -0.570. The van der Waals surface area contributed by atoms with Crippen LogP contribution in [0.3, 0.4) is 0 Å². The Morgan fingerprint density at radius 1 is 1.44 bits per heavy atom. The molecule has 0 unspecified atom stereocenters. The molecule has 1 fully saturated rings. The van der Waals surface area contributed by atoms with Crippen molar-refractivity contribution in [3.05, 3.63) is 33.1 Å². The van der Waals surface area contributed by atoms with E-state index >= 15 is 0 Å². The number of carbonyl (C=O) groups excluding carboxylic acids is 1. The van der Waals surface area contributed by atoms with E-state index in [1.165, 1.54) is 11.3 Å². The molecular weight excluding hydrogens is 364 g/mol. The molecule has 9 heteroatoms. The second-order valence-corrected chi connectivity index (χ2v) is 7.96. The Labute approximate surface area is 153 Å². The van der Waals surface area contributed by atoms with Crippen LogP contribution in [0.4, 0.5) is 0 Å². The molecule has 132 valence electrons. The summed E-state index contributed by atoms with van der Waals surface area (Å²) in [5.41, 5.74) is 0.774. The van der Waals surface area contributed by atoms with E-state index in [1.807, 2.05) is 17.0 Å². The van der Waals surface area contributed by atoms with Gasteiger partial charge in [0.2, 0.25) is 12.0 Å². The molecule has 2 aliphatic heterocycles. The monoisotopic (exact) mass is 380 g/mol. The van der Waals surface area contributed by atoms with Gasteiger partial charge in [0.1, 0.15) is 5.71 Å². The number of aryl methyl sites for hydroxylation is 1. The van der Waals surface area contributed by atoms with Gasteiger partial charge in [-0.15, -0.1) is 11.3 Å². The van der Waals surface area contributed by atoms with E-state index in [4.69, 9.17) is 21.0 Å². The van der Waals surface area contributed by atoms with Gasteiger partial charge in [-0.2, -0.15) is 4.98 Å². The molecule has 0 saturated carbocycles. The molecule has 0 bridgehead atoms. The summed E-state index contributed by atoms with van der Waals surface area (Å²) in [7, 11) is 0. The molecule has 0 radical (unpaired) electrons. The van der Waals surface area contributed by atoms with Gasteiger partial charge >= 0.3 is 0 Å². The smallest absolute Gasteiger partial charge is 0.266 e. The number of oxime groups is 1. The van der Waals surface area contributed by atoms with Crippen LogP contribution in [-0.4, -0.2) is 45.9 Å². The van der Waals surface area contributed by atoms with Crippen molar-refractivity contribution in [2.45, 2.75) is 38.2 Å². The van der Waals surface area contributed by atoms with E-state index < -0.39 is 6.10 Å². The van der Waals surface area contributed by atoms with E-state index in [9.17, 15) is 4.79 Å². The van der Waals surface area contributed by atoms with Crippen molar-refractivity contribution in [1.29, 1.82) is 0 Å². The van der Waals surface area contributed by atoms with Crippen LogP contribution in [0.2, 0.25) is 4.34 Å². The summed E-state index contributed by atoms with van der Waals surface area (Å²) in [5, 5.41) is 7.92. The molecule has 2 aromatic heterocycles. The average molecular weight is 381 g/mol. The summed E-state index contributed by atoms with van der Waals surface area (Å²) in [4.78, 5) is 25.3. The van der Waals surface area contributed by atoms with Crippen LogP contribution in [0, 0.1) is 6.92 Å². The largest absolute Gasteiger partial charge is 0.382 e. The average Bonchev–Trinajstić information content (AvgIpc) is 3.34. The van der Waals surface area contributed by atoms with E-state index in [1.54, 1.807) is 6.92 Å². The van der Waals surface area contributed by atoms with Crippen molar-refractivity contribution in [3.8, 4) is 0 Å². The number of piperidine rings is 1. The van der Waals surface area contributed by atoms with Crippen LogP contribution in [0.25, 0.3) is 0 Å². The SMILES string of the molecule is Cc1noc([C@@H]2CCCN(C(=O)[C@@H]3CC(c4ccc(Cl)s4)=NO3)C2)n1. The Hall–Kier alpha value is -1.93. The Bertz CT molecular complexity index is 818. The zero-order valence-electron chi connectivity index (χ0n) is 13.6. The first-order valence-corrected chi connectivity index (χ1v) is 9.37. The first-order valence-electron chi connectivity index (χ1n) is 8.17. The number of hydrogen-bond donors (Lipinski definition) is 0. The number of carbonyl (C=O) groups is 1. The molecule has 0 aromatic carbocycles. The number of rotatable bonds is 3. The van der Waals surface area contributed by atoms with Crippen molar-refractivity contribution in [2.75, 3.05) is 13.1 Å². The van der Waals surface area contributed by atoms with E-state index in [0.29, 0.717) is 35.6 Å². The van der Waals surface area contributed by atoms with Crippen LogP contribution in [0.1, 0.15) is 41.8 Å². The normalized spacial score (nSPS) is 23.4. The van der Waals surface area contributed by atoms with Gasteiger partial charge in [0, 0.05) is 19.5 Å². The van der Waals surface area contributed by atoms with E-state index in [0.717, 1.165) is 23.4 Å². The summed E-state index contributed by atoms with van der Waals surface area (Å²) in [6.45, 7) is 3.07. The minimum Gasteiger partial charge on any atom is -0.382 e. The highest BCUT2D eigenvalue weighted by molar-refractivity contribution is 7.18. The van der Waals surface area contributed by atoms with Crippen molar-refractivity contribution in [2.24, 2.45) is 5.16 Å². The Kier molecular flexibility index (Phi) is 4.47. The molecule has 4 heterocycles. The van der Waals surface area contributed by atoms with Crippen molar-refractivity contribution < 1.29 is 14.2 Å². The van der Waals surface area contributed by atoms with Crippen molar-refractivity contribution in [3.63, 3.8) is 0 Å². The van der Waals surface area contributed by atoms with Gasteiger partial charge in [0.25, 0.3) is 5.91 Å². The minimum absolute atomic E-state index is 0.0395. The van der Waals surface area contributed by atoms with Gasteiger partial charge in [-0.25, -0.2) is 0 Å². The molecule has 0 N–H and O–H groups in total. The topological polar surface area (TPSA) is 80.8 Å². The fraction of sp³-hybridized carbons (Fsp3) is 0.500. The molecule has 1 saturated heterocycles. The van der Waals surface area contributed by atoms with Crippen LogP contribution in [-0.2, 0) is 9.63 Å². The Balaban J connectivity index is 1.40. The third-order valence-corrected chi connectivity index (χ3v) is 5.71. The molecule has 7 nitrogen and oxygen atoms in total. The molecule has 2 aliphatic rings. The van der Waals surface area contributed by atoms with E-state index in [-0.39, 0.29) is 11.8 Å². The lowest BCUT2D eigenvalue weighted by molar-refractivity contribution is -0.143. The second-order valence-electron chi connectivity index (χ2n) is 6.24. The van der Waals surface area contributed by atoms with Crippen molar-refractivity contribution >= 4 is 34.6 Å². The molecule has 2 atom stereocenters. The van der Waals surface area contributed by atoms with E-state index in [2.05, 4.69) is 15.3 Å². The molecule has 2 aromatic rings. The molecule has 4 rings (SSSR count). The molecule has 25 heavy (non-hydrogen) atoms. The first-order chi connectivity index (χ1) is 12.1. The predicted molar refractivity (Wildman–Crippen MR) is 92.9 cm³/mol. The fourth-order valence-corrected chi connectivity index (χ4v) is 4.22. The standard InChI is InChI=1S/C16H17ClN4O3S/c1-9-18-15(24-19-9)10-3-2-6-21(8-10)16(22)12-7-11(20-23-12)13-4-5-14(17)25-13/h4-5,10,12H,2-3,6-8H2,1H3/t10-,12+/m1/s1. The van der Waals surface area contributed by atoms with Crippen molar-refractivity contribution in [1.82, 2.24) is 15.0 Å². The number of amides is 1. The third-order valence-electron chi connectivity index (χ3n) is 4.43. The summed E-state index contributed by atoms with van der Waals surface area (Å²) < 4.78 is 5.97. The fourth-order valence-electron chi connectivity index (χ4n) is 3.19. The maximum atomic E-state index is 12.8. The van der Waals surface area contributed by atoms with Gasteiger partial charge in [-0.3, -0.25) is 4.79 Å². The quantitative estimate of drug-likeness (QED) is 0.817. The summed E-state index contributed by atoms with van der Waals surface area (Å²) in [6, 6.07) is 3.72. The lowest BCUT2D eigenvalue weighted by Gasteiger charge is -2.32. The number of halogens is 1. The number of aromatic nitrogens is 2. The highest BCUT2D eigenvalue weighted by atomic mass is 35.5. The van der Waals surface area contributed by atoms with Crippen LogP contribution in [0.5, 0.6) is 0 Å². The van der Waals surface area contributed by atoms with Gasteiger partial charge < -0.3 is 14.3 Å². The summed E-state index contributed by atoms with van der Waals surface area (Å²) in [5.74, 6) is 1.26. The summed E-state index contributed by atoms with van der Waals surface area (Å²) >= 11 is 7.40. The maximum Gasteiger partial charge on any atom is 0.266 e. The van der Waals surface area contributed by atoms with Gasteiger partial charge in [-0.05, 0) is 31.9 Å². The third kappa shape index (κ3) is 3.41.